The molecule has 2 unspecified atom stereocenters. The Labute approximate surface area is 104 Å². The van der Waals surface area contributed by atoms with Crippen LogP contribution in [0.3, 0.4) is 0 Å². The molecule has 1 rings (SSSR count). The molecule has 1 aliphatic rings. The molecule has 0 spiro atoms. The topological polar surface area (TPSA) is 50.4 Å². The van der Waals surface area contributed by atoms with Crippen molar-refractivity contribution in [2.45, 2.75) is 39.7 Å². The molecule has 4 heteroatoms. The van der Waals surface area contributed by atoms with Gasteiger partial charge in [0.05, 0.1) is 19.1 Å². The monoisotopic (exact) mass is 242 g/mol. The fraction of sp³-hybridized carbons (Fsp3) is 0.923. The summed E-state index contributed by atoms with van der Waals surface area (Å²) in [6.07, 6.45) is 2.22. The maximum Gasteiger partial charge on any atom is 0.227 e. The molecule has 4 nitrogen and oxygen atoms in total. The minimum absolute atomic E-state index is 0.0194. The van der Waals surface area contributed by atoms with Gasteiger partial charge in [0.1, 0.15) is 0 Å². The van der Waals surface area contributed by atoms with Crippen molar-refractivity contribution in [3.05, 3.63) is 0 Å². The molecule has 1 aliphatic heterocycles. The molecule has 0 aromatic carbocycles. The third-order valence-corrected chi connectivity index (χ3v) is 3.14. The number of likely N-dealkylation sites (N-methyl/N-ethyl adjacent to an activating group) is 1. The Balaban J connectivity index is 2.22. The SMILES string of the molecule is CCNC1COCC1C(=O)NCCCC(C)C. The van der Waals surface area contributed by atoms with E-state index in [0.29, 0.717) is 19.1 Å². The van der Waals surface area contributed by atoms with E-state index in [2.05, 4.69) is 31.4 Å². The third kappa shape index (κ3) is 5.04. The average molecular weight is 242 g/mol. The van der Waals surface area contributed by atoms with Gasteiger partial charge in [-0.25, -0.2) is 0 Å². The van der Waals surface area contributed by atoms with Gasteiger partial charge in [0.25, 0.3) is 0 Å². The van der Waals surface area contributed by atoms with Gasteiger partial charge < -0.3 is 15.4 Å². The zero-order valence-electron chi connectivity index (χ0n) is 11.3. The van der Waals surface area contributed by atoms with Crippen LogP contribution in [0, 0.1) is 11.8 Å². The Hall–Kier alpha value is -0.610. The van der Waals surface area contributed by atoms with Crippen LogP contribution in [0.1, 0.15) is 33.6 Å². The first-order chi connectivity index (χ1) is 8.15. The summed E-state index contributed by atoms with van der Waals surface area (Å²) < 4.78 is 5.36. The summed E-state index contributed by atoms with van der Waals surface area (Å²) >= 11 is 0. The third-order valence-electron chi connectivity index (χ3n) is 3.14. The number of rotatable bonds is 7. The standard InChI is InChI=1S/C13H26N2O2/c1-4-14-12-9-17-8-11(12)13(16)15-7-5-6-10(2)3/h10-12,14H,4-9H2,1-3H3,(H,15,16). The van der Waals surface area contributed by atoms with Gasteiger partial charge in [0, 0.05) is 12.6 Å². The van der Waals surface area contributed by atoms with Crippen LogP contribution < -0.4 is 10.6 Å². The summed E-state index contributed by atoms with van der Waals surface area (Å²) in [6, 6.07) is 0.185. The Kier molecular flexibility index (Phi) is 6.52. The number of carbonyl (C=O) groups excluding carboxylic acids is 1. The minimum Gasteiger partial charge on any atom is -0.379 e. The highest BCUT2D eigenvalue weighted by Crippen LogP contribution is 2.13. The molecule has 0 aromatic heterocycles. The maximum atomic E-state index is 11.9. The van der Waals surface area contributed by atoms with E-state index in [0.717, 1.165) is 25.9 Å². The van der Waals surface area contributed by atoms with Crippen LogP contribution in [0.2, 0.25) is 0 Å². The number of carbonyl (C=O) groups is 1. The first kappa shape index (κ1) is 14.5. The largest absolute Gasteiger partial charge is 0.379 e. The number of hydrogen-bond acceptors (Lipinski definition) is 3. The van der Waals surface area contributed by atoms with Crippen LogP contribution in [0.25, 0.3) is 0 Å². The summed E-state index contributed by atoms with van der Waals surface area (Å²) in [6.45, 7) is 9.32. The number of ether oxygens (including phenoxy) is 1. The van der Waals surface area contributed by atoms with E-state index in [1.54, 1.807) is 0 Å². The molecule has 1 heterocycles. The van der Waals surface area contributed by atoms with Crippen molar-refractivity contribution < 1.29 is 9.53 Å². The molecule has 0 aliphatic carbocycles. The van der Waals surface area contributed by atoms with Crippen molar-refractivity contribution in [1.82, 2.24) is 10.6 Å². The highest BCUT2D eigenvalue weighted by atomic mass is 16.5. The van der Waals surface area contributed by atoms with Gasteiger partial charge in [-0.3, -0.25) is 4.79 Å². The van der Waals surface area contributed by atoms with E-state index in [1.807, 2.05) is 0 Å². The van der Waals surface area contributed by atoms with Crippen molar-refractivity contribution in [3.8, 4) is 0 Å². The molecular weight excluding hydrogens is 216 g/mol. The van der Waals surface area contributed by atoms with Crippen LogP contribution in [0.4, 0.5) is 0 Å². The molecule has 1 amide bonds. The van der Waals surface area contributed by atoms with Gasteiger partial charge >= 0.3 is 0 Å². The van der Waals surface area contributed by atoms with Gasteiger partial charge in [0.2, 0.25) is 5.91 Å². The van der Waals surface area contributed by atoms with Gasteiger partial charge in [-0.1, -0.05) is 20.8 Å². The molecule has 1 fully saturated rings. The van der Waals surface area contributed by atoms with Crippen molar-refractivity contribution in [2.75, 3.05) is 26.3 Å². The summed E-state index contributed by atoms with van der Waals surface area (Å²) in [7, 11) is 0. The fourth-order valence-corrected chi connectivity index (χ4v) is 2.13. The Morgan fingerprint density at radius 1 is 1.41 bits per heavy atom. The molecule has 1 saturated heterocycles. The van der Waals surface area contributed by atoms with Crippen LogP contribution in [-0.2, 0) is 9.53 Å². The van der Waals surface area contributed by atoms with E-state index >= 15 is 0 Å². The quantitative estimate of drug-likeness (QED) is 0.659. The van der Waals surface area contributed by atoms with Gasteiger partial charge in [-0.05, 0) is 25.3 Å². The smallest absolute Gasteiger partial charge is 0.227 e. The normalized spacial score (nSPS) is 24.2. The van der Waals surface area contributed by atoms with Crippen molar-refractivity contribution in [1.29, 1.82) is 0 Å². The first-order valence-corrected chi connectivity index (χ1v) is 6.74. The molecular formula is C13H26N2O2. The van der Waals surface area contributed by atoms with E-state index in [4.69, 9.17) is 4.74 Å². The van der Waals surface area contributed by atoms with E-state index in [1.165, 1.54) is 0 Å². The van der Waals surface area contributed by atoms with Crippen molar-refractivity contribution >= 4 is 5.91 Å². The molecule has 0 radical (unpaired) electrons. The highest BCUT2D eigenvalue weighted by molar-refractivity contribution is 5.79. The zero-order chi connectivity index (χ0) is 12.7. The fourth-order valence-electron chi connectivity index (χ4n) is 2.13. The lowest BCUT2D eigenvalue weighted by Crippen LogP contribution is -2.44. The Morgan fingerprint density at radius 3 is 2.82 bits per heavy atom. The van der Waals surface area contributed by atoms with Gasteiger partial charge in [-0.2, -0.15) is 0 Å². The van der Waals surface area contributed by atoms with Crippen molar-refractivity contribution in [2.24, 2.45) is 11.8 Å². The summed E-state index contributed by atoms with van der Waals surface area (Å²) in [5.41, 5.74) is 0. The van der Waals surface area contributed by atoms with Crippen LogP contribution in [0.5, 0.6) is 0 Å². The highest BCUT2D eigenvalue weighted by Gasteiger charge is 2.32. The van der Waals surface area contributed by atoms with Crippen LogP contribution in [-0.4, -0.2) is 38.3 Å². The van der Waals surface area contributed by atoms with E-state index in [9.17, 15) is 4.79 Å². The van der Waals surface area contributed by atoms with E-state index < -0.39 is 0 Å². The summed E-state index contributed by atoms with van der Waals surface area (Å²) in [5.74, 6) is 0.822. The average Bonchev–Trinajstić information content (AvgIpc) is 2.72. The lowest BCUT2D eigenvalue weighted by Gasteiger charge is -2.17. The van der Waals surface area contributed by atoms with Crippen LogP contribution in [0.15, 0.2) is 0 Å². The second-order valence-electron chi connectivity index (χ2n) is 5.14. The maximum absolute atomic E-state index is 11.9. The lowest BCUT2D eigenvalue weighted by molar-refractivity contribution is -0.125. The summed E-state index contributed by atoms with van der Waals surface area (Å²) in [4.78, 5) is 11.9. The molecule has 0 aromatic rings. The van der Waals surface area contributed by atoms with Crippen molar-refractivity contribution in [3.63, 3.8) is 0 Å². The summed E-state index contributed by atoms with van der Waals surface area (Å²) in [5, 5.41) is 6.31. The number of nitrogens with one attached hydrogen (secondary N) is 2. The lowest BCUT2D eigenvalue weighted by atomic mass is 10.0. The molecule has 0 bridgehead atoms. The second kappa shape index (κ2) is 7.67. The number of hydrogen-bond donors (Lipinski definition) is 2. The van der Waals surface area contributed by atoms with E-state index in [-0.39, 0.29) is 17.9 Å². The Bertz CT molecular complexity index is 231. The second-order valence-corrected chi connectivity index (χ2v) is 5.14. The molecule has 0 saturated carbocycles. The zero-order valence-corrected chi connectivity index (χ0v) is 11.3. The molecule has 2 atom stereocenters. The first-order valence-electron chi connectivity index (χ1n) is 6.74. The van der Waals surface area contributed by atoms with Gasteiger partial charge in [0.15, 0.2) is 0 Å². The van der Waals surface area contributed by atoms with Crippen LogP contribution >= 0.6 is 0 Å². The Morgan fingerprint density at radius 2 is 2.18 bits per heavy atom. The van der Waals surface area contributed by atoms with Gasteiger partial charge in [-0.15, -0.1) is 0 Å². The predicted molar refractivity (Wildman–Crippen MR) is 68.9 cm³/mol. The predicted octanol–water partition coefficient (Wildman–Crippen LogP) is 1.16. The molecule has 17 heavy (non-hydrogen) atoms. The molecule has 100 valence electrons. The minimum atomic E-state index is -0.0194. The number of amides is 1. The molecule has 2 N–H and O–H groups in total.